The van der Waals surface area contributed by atoms with Crippen molar-refractivity contribution in [2.45, 2.75) is 31.7 Å². The lowest BCUT2D eigenvalue weighted by molar-refractivity contribution is -0.153. The Hall–Kier alpha value is -3.28. The van der Waals surface area contributed by atoms with Gasteiger partial charge in [0.1, 0.15) is 12.9 Å². The van der Waals surface area contributed by atoms with E-state index < -0.39 is 24.7 Å². The topological polar surface area (TPSA) is 126 Å². The minimum Gasteiger partial charge on any atom is -0.435 e. The Kier molecular flexibility index (Phi) is 8.96. The number of alkyl halides is 2. The number of aliphatic hydroxyl groups is 1. The van der Waals surface area contributed by atoms with E-state index in [4.69, 9.17) is 17.3 Å². The number of aliphatic hydroxyl groups excluding tert-OH is 1. The monoisotopic (exact) mass is 510 g/mol. The number of carbonyl (C=O) groups excluding carboxylic acids is 2. The molecule has 0 aliphatic carbocycles. The molecule has 0 aromatic heterocycles. The number of ketones is 1. The molecule has 3 rings (SSSR count). The Morgan fingerprint density at radius 1 is 1.29 bits per heavy atom. The highest BCUT2D eigenvalue weighted by atomic mass is 35.5. The molecule has 4 N–H and O–H groups in total. The minimum atomic E-state index is -3.08. The molecule has 0 bridgehead atoms. The van der Waals surface area contributed by atoms with Crippen molar-refractivity contribution in [3.8, 4) is 5.75 Å². The van der Waals surface area contributed by atoms with Crippen molar-refractivity contribution in [1.82, 2.24) is 10.2 Å². The molecule has 2 aromatic rings. The van der Waals surface area contributed by atoms with Gasteiger partial charge >= 0.3 is 6.61 Å². The third-order valence-corrected chi connectivity index (χ3v) is 5.63. The maximum absolute atomic E-state index is 12.8. The van der Waals surface area contributed by atoms with E-state index in [1.54, 1.807) is 12.1 Å². The number of hydrogen-bond donors (Lipinski definition) is 3. The second-order valence-electron chi connectivity index (χ2n) is 7.76. The summed E-state index contributed by atoms with van der Waals surface area (Å²) < 4.78 is 29.3. The number of hydrogen-bond acceptors (Lipinski definition) is 7. The molecule has 0 spiro atoms. The largest absolute Gasteiger partial charge is 0.435 e. The number of halogens is 3. The first-order valence-corrected chi connectivity index (χ1v) is 11.0. The van der Waals surface area contributed by atoms with Gasteiger partial charge in [-0.05, 0) is 35.7 Å². The van der Waals surface area contributed by atoms with Crippen LogP contribution in [-0.4, -0.2) is 60.4 Å². The summed E-state index contributed by atoms with van der Waals surface area (Å²) in [5.41, 5.74) is 7.35. The number of rotatable bonds is 11. The Morgan fingerprint density at radius 2 is 2.00 bits per heavy atom. The molecule has 9 nitrogen and oxygen atoms in total. The summed E-state index contributed by atoms with van der Waals surface area (Å²) in [6.07, 6.45) is -1.22. The number of benzene rings is 2. The number of likely N-dealkylation sites (tertiary alicyclic amines) is 1. The SMILES string of the molecule is CO/N=C(\N)c1ccc(CNCC(=O)C2CCN2C(=O)C(O)c2cc(Cl)cc(OC(F)F)c2)cc1. The molecule has 1 amide bonds. The van der Waals surface area contributed by atoms with Crippen LogP contribution in [-0.2, 0) is 21.0 Å². The Balaban J connectivity index is 1.54. The molecule has 2 aromatic carbocycles. The lowest BCUT2D eigenvalue weighted by atomic mass is 9.96. The van der Waals surface area contributed by atoms with Crippen molar-refractivity contribution in [2.24, 2.45) is 10.9 Å². The number of nitrogens with zero attached hydrogens (tertiary/aromatic N) is 2. The van der Waals surface area contributed by atoms with E-state index in [0.717, 1.165) is 17.7 Å². The number of carbonyl (C=O) groups is 2. The second kappa shape index (κ2) is 11.9. The smallest absolute Gasteiger partial charge is 0.387 e. The van der Waals surface area contributed by atoms with Crippen LogP contribution in [0, 0.1) is 0 Å². The number of amidine groups is 1. The average molecular weight is 511 g/mol. The molecule has 0 saturated carbocycles. The van der Waals surface area contributed by atoms with Crippen molar-refractivity contribution in [1.29, 1.82) is 0 Å². The first-order chi connectivity index (χ1) is 16.7. The lowest BCUT2D eigenvalue weighted by Gasteiger charge is -2.41. The van der Waals surface area contributed by atoms with Gasteiger partial charge in [-0.1, -0.05) is 41.0 Å². The number of ether oxygens (including phenoxy) is 1. The van der Waals surface area contributed by atoms with Gasteiger partial charge in [0.25, 0.3) is 5.91 Å². The fourth-order valence-corrected chi connectivity index (χ4v) is 3.82. The van der Waals surface area contributed by atoms with Crippen LogP contribution in [0.5, 0.6) is 5.75 Å². The van der Waals surface area contributed by atoms with Crippen molar-refractivity contribution >= 4 is 29.1 Å². The van der Waals surface area contributed by atoms with E-state index in [-0.39, 0.29) is 34.5 Å². The van der Waals surface area contributed by atoms with Crippen LogP contribution in [0.15, 0.2) is 47.6 Å². The van der Waals surface area contributed by atoms with Gasteiger partial charge in [-0.3, -0.25) is 9.59 Å². The Bertz CT molecular complexity index is 1080. The first kappa shape index (κ1) is 26.3. The quantitative estimate of drug-likeness (QED) is 0.240. The van der Waals surface area contributed by atoms with Gasteiger partial charge in [-0.25, -0.2) is 0 Å². The van der Waals surface area contributed by atoms with Gasteiger partial charge in [-0.15, -0.1) is 0 Å². The lowest BCUT2D eigenvalue weighted by Crippen LogP contribution is -2.58. The summed E-state index contributed by atoms with van der Waals surface area (Å²) in [5, 5.41) is 17.2. The summed E-state index contributed by atoms with van der Waals surface area (Å²) in [6, 6.07) is 10.1. The highest BCUT2D eigenvalue weighted by Gasteiger charge is 2.39. The maximum Gasteiger partial charge on any atom is 0.387 e. The normalized spacial score (nSPS) is 16.6. The zero-order chi connectivity index (χ0) is 25.5. The van der Waals surface area contributed by atoms with E-state index >= 15 is 0 Å². The van der Waals surface area contributed by atoms with Crippen molar-refractivity contribution < 1.29 is 33.1 Å². The molecule has 2 atom stereocenters. The van der Waals surface area contributed by atoms with Gasteiger partial charge in [-0.2, -0.15) is 8.78 Å². The van der Waals surface area contributed by atoms with Crippen LogP contribution in [0.1, 0.15) is 29.2 Å². The fraction of sp³-hybridized carbons (Fsp3) is 0.348. The highest BCUT2D eigenvalue weighted by molar-refractivity contribution is 6.30. The van der Waals surface area contributed by atoms with Crippen LogP contribution in [0.4, 0.5) is 8.78 Å². The third kappa shape index (κ3) is 6.87. The Labute approximate surface area is 205 Å². The zero-order valence-electron chi connectivity index (χ0n) is 18.8. The van der Waals surface area contributed by atoms with Gasteiger partial charge < -0.3 is 30.6 Å². The van der Waals surface area contributed by atoms with Gasteiger partial charge in [0.15, 0.2) is 17.7 Å². The highest BCUT2D eigenvalue weighted by Crippen LogP contribution is 2.29. The summed E-state index contributed by atoms with van der Waals surface area (Å²) in [4.78, 5) is 31.3. The molecule has 1 saturated heterocycles. The fourth-order valence-electron chi connectivity index (χ4n) is 3.59. The van der Waals surface area contributed by atoms with Crippen LogP contribution >= 0.6 is 11.6 Å². The van der Waals surface area contributed by atoms with E-state index in [0.29, 0.717) is 25.1 Å². The maximum atomic E-state index is 12.8. The third-order valence-electron chi connectivity index (χ3n) is 5.41. The molecule has 12 heteroatoms. The summed E-state index contributed by atoms with van der Waals surface area (Å²) in [6.45, 7) is -2.37. The molecular formula is C23H25ClF2N4O5. The molecule has 0 radical (unpaired) electrons. The first-order valence-electron chi connectivity index (χ1n) is 10.6. The van der Waals surface area contributed by atoms with Crippen LogP contribution in [0.3, 0.4) is 0 Å². The molecule has 1 fully saturated rings. The predicted molar refractivity (Wildman–Crippen MR) is 124 cm³/mol. The van der Waals surface area contributed by atoms with Gasteiger partial charge in [0.05, 0.1) is 12.6 Å². The number of amides is 1. The second-order valence-corrected chi connectivity index (χ2v) is 8.20. The summed E-state index contributed by atoms with van der Waals surface area (Å²) in [7, 11) is 1.40. The van der Waals surface area contributed by atoms with E-state index in [2.05, 4.69) is 20.0 Å². The van der Waals surface area contributed by atoms with Crippen LogP contribution < -0.4 is 15.8 Å². The molecule has 35 heavy (non-hydrogen) atoms. The molecule has 1 aliphatic rings. The number of Topliss-reactive ketones (excluding diaryl/α,β-unsaturated/α-hetero) is 1. The van der Waals surface area contributed by atoms with E-state index in [1.807, 2.05) is 12.1 Å². The van der Waals surface area contributed by atoms with Crippen molar-refractivity contribution in [2.75, 3.05) is 20.2 Å². The molecule has 1 heterocycles. The number of oxime groups is 1. The molecule has 2 unspecified atom stereocenters. The summed E-state index contributed by atoms with van der Waals surface area (Å²) in [5.74, 6) is -0.963. The van der Waals surface area contributed by atoms with Crippen LogP contribution in [0.25, 0.3) is 0 Å². The standard InChI is InChI=1S/C23H25ClF2N4O5/c1-34-29-21(27)14-4-2-13(3-5-14)11-28-12-19(31)18-6-7-30(18)22(33)20(32)15-8-16(24)10-17(9-15)35-23(25)26/h2-5,8-10,18,20,23,28,32H,6-7,11-12H2,1H3,(H2,27,29). The van der Waals surface area contributed by atoms with Crippen molar-refractivity contribution in [3.05, 3.63) is 64.2 Å². The summed E-state index contributed by atoms with van der Waals surface area (Å²) >= 11 is 5.89. The predicted octanol–water partition coefficient (Wildman–Crippen LogP) is 2.20. The van der Waals surface area contributed by atoms with Crippen LogP contribution in [0.2, 0.25) is 5.02 Å². The number of nitrogens with two attached hydrogens (primary N) is 1. The van der Waals surface area contributed by atoms with E-state index in [9.17, 15) is 23.5 Å². The molecule has 188 valence electrons. The van der Waals surface area contributed by atoms with Crippen molar-refractivity contribution in [3.63, 3.8) is 0 Å². The average Bonchev–Trinajstić information content (AvgIpc) is 2.77. The Morgan fingerprint density at radius 3 is 2.60 bits per heavy atom. The zero-order valence-corrected chi connectivity index (χ0v) is 19.5. The van der Waals surface area contributed by atoms with E-state index in [1.165, 1.54) is 18.1 Å². The molecule has 1 aliphatic heterocycles. The van der Waals surface area contributed by atoms with Gasteiger partial charge in [0, 0.05) is 23.7 Å². The number of nitrogens with one attached hydrogen (secondary N) is 1. The minimum absolute atomic E-state index is 0.00555. The molecular weight excluding hydrogens is 486 g/mol. The van der Waals surface area contributed by atoms with Gasteiger partial charge in [0.2, 0.25) is 0 Å².